The van der Waals surface area contributed by atoms with Gasteiger partial charge in [0.25, 0.3) is 5.60 Å². The van der Waals surface area contributed by atoms with E-state index in [0.29, 0.717) is 12.5 Å². The van der Waals surface area contributed by atoms with E-state index in [4.69, 9.17) is 39.7 Å². The van der Waals surface area contributed by atoms with Gasteiger partial charge in [0.1, 0.15) is 0 Å². The molecule has 0 aromatic carbocycles. The van der Waals surface area contributed by atoms with Crippen molar-refractivity contribution in [3.8, 4) is 0 Å². The van der Waals surface area contributed by atoms with E-state index in [-0.39, 0.29) is 85.8 Å². The van der Waals surface area contributed by atoms with Gasteiger partial charge >= 0.3 is 71.5 Å². The van der Waals surface area contributed by atoms with Gasteiger partial charge in [-0.1, -0.05) is 61.3 Å². The maximum atomic E-state index is 11.7. The molecule has 0 aliphatic carbocycles. The van der Waals surface area contributed by atoms with Gasteiger partial charge < -0.3 is 59.4 Å². The van der Waals surface area contributed by atoms with Crippen LogP contribution in [-0.2, 0) is 52.5 Å². The van der Waals surface area contributed by atoms with Gasteiger partial charge in [0, 0.05) is 33.0 Å². The third kappa shape index (κ3) is 40.0. The van der Waals surface area contributed by atoms with Crippen LogP contribution in [0.1, 0.15) is 96.9 Å². The molecular weight excluding hydrogens is 860 g/mol. The molecule has 0 saturated carbocycles. The van der Waals surface area contributed by atoms with Gasteiger partial charge in [0.15, 0.2) is 11.2 Å². The minimum atomic E-state index is -5.00. The zero-order valence-electron chi connectivity index (χ0n) is 40.1. The minimum absolute atomic E-state index is 0. The Hall–Kier alpha value is -3.25. The molecule has 0 aromatic rings. The maximum Gasteiger partial charge on any atom is 1.00 e. The van der Waals surface area contributed by atoms with Crippen molar-refractivity contribution in [1.29, 1.82) is 0 Å². The zero-order chi connectivity index (χ0) is 51.5. The predicted octanol–water partition coefficient (Wildman–Crippen LogP) is -0.576. The molecule has 6 N–H and O–H groups in total. The molecule has 0 aromatic heterocycles. The Kier molecular flexibility index (Phi) is 39.1. The Bertz CT molecular complexity index is 1410. The zero-order valence-corrected chi connectivity index (χ0v) is 42.1. The van der Waals surface area contributed by atoms with Crippen LogP contribution in [-0.4, -0.2) is 143 Å². The Labute approximate surface area is 391 Å². The number of esters is 6. The number of aliphatic hydroxyl groups excluding tert-OH is 3. The molecule has 0 radical (unpaired) electrons. The molecule has 0 spiro atoms. The van der Waals surface area contributed by atoms with Crippen LogP contribution in [0, 0.1) is 16.2 Å². The molecule has 0 aliphatic rings. The van der Waals surface area contributed by atoms with Gasteiger partial charge in [-0.15, -0.1) is 0 Å². The first-order valence-electron chi connectivity index (χ1n) is 18.3. The second kappa shape index (κ2) is 33.3. The second-order valence-corrected chi connectivity index (χ2v) is 16.9. The molecule has 1 atom stereocenters. The number of hydrogen-bond donors (Lipinski definition) is 6. The molecular formula is C41H72F3NaO18. The van der Waals surface area contributed by atoms with E-state index in [2.05, 4.69) is 29.2 Å². The number of hydrogen-bond acceptors (Lipinski definition) is 18. The van der Waals surface area contributed by atoms with E-state index in [1.54, 1.807) is 48.5 Å². The molecule has 0 heterocycles. The second-order valence-electron chi connectivity index (χ2n) is 16.9. The fraction of sp³-hybridized carbons (Fsp3) is 0.707. The van der Waals surface area contributed by atoms with E-state index in [1.807, 2.05) is 0 Å². The third-order valence-electron chi connectivity index (χ3n) is 6.43. The maximum absolute atomic E-state index is 11.7. The summed E-state index contributed by atoms with van der Waals surface area (Å²) in [7, 11) is 1.52. The summed E-state index contributed by atoms with van der Waals surface area (Å²) in [6.07, 6.45) is -5.00. The van der Waals surface area contributed by atoms with Crippen LogP contribution in [0.5, 0.6) is 0 Å². The molecule has 1 unspecified atom stereocenters. The summed E-state index contributed by atoms with van der Waals surface area (Å²) >= 11 is 0. The van der Waals surface area contributed by atoms with E-state index >= 15 is 0 Å². The fourth-order valence-corrected chi connectivity index (χ4v) is 1.97. The number of methoxy groups -OCH3 is 1. The fourth-order valence-electron chi connectivity index (χ4n) is 1.97. The number of halogens is 3. The Morgan fingerprint density at radius 2 is 0.778 bits per heavy atom. The Morgan fingerprint density at radius 3 is 0.968 bits per heavy atom. The van der Waals surface area contributed by atoms with Crippen LogP contribution < -0.4 is 34.7 Å². The van der Waals surface area contributed by atoms with E-state index in [9.17, 15) is 52.2 Å². The molecule has 0 aliphatic heterocycles. The summed E-state index contributed by atoms with van der Waals surface area (Å²) in [5, 5.41) is 61.1. The van der Waals surface area contributed by atoms with Gasteiger partial charge in [-0.3, -0.25) is 0 Å². The van der Waals surface area contributed by atoms with Crippen molar-refractivity contribution in [3.63, 3.8) is 0 Å². The topological polar surface area (TPSA) is 293 Å². The summed E-state index contributed by atoms with van der Waals surface area (Å²) < 4.78 is 58.0. The molecule has 0 fully saturated rings. The van der Waals surface area contributed by atoms with E-state index in [0.717, 1.165) is 14.2 Å². The van der Waals surface area contributed by atoms with Gasteiger partial charge in [0.2, 0.25) is 0 Å². The number of alkyl halides is 3. The number of carbonyl (C=O) groups is 6. The molecule has 366 valence electrons. The third-order valence-corrected chi connectivity index (χ3v) is 6.43. The predicted molar refractivity (Wildman–Crippen MR) is 218 cm³/mol. The Balaban J connectivity index is -0.000000126. The van der Waals surface area contributed by atoms with E-state index < -0.39 is 69.6 Å². The average molecular weight is 933 g/mol. The van der Waals surface area contributed by atoms with Crippen molar-refractivity contribution in [2.24, 2.45) is 16.2 Å². The summed E-state index contributed by atoms with van der Waals surface area (Å²) in [6, 6.07) is 0. The van der Waals surface area contributed by atoms with Crippen LogP contribution in [0.25, 0.3) is 0 Å². The summed E-state index contributed by atoms with van der Waals surface area (Å²) in [5.41, 5.74) is -6.98. The van der Waals surface area contributed by atoms with Gasteiger partial charge in [0.05, 0.1) is 46.8 Å². The minimum Gasteiger partial charge on any atom is -0.857 e. The number of rotatable bonds is 15. The summed E-state index contributed by atoms with van der Waals surface area (Å²) in [6.45, 7) is 31.3. The van der Waals surface area contributed by atoms with Crippen molar-refractivity contribution < 1.29 is 131 Å². The van der Waals surface area contributed by atoms with Crippen LogP contribution in [0.15, 0.2) is 36.5 Å². The summed E-state index contributed by atoms with van der Waals surface area (Å²) in [4.78, 5) is 65.3. The molecule has 18 nitrogen and oxygen atoms in total. The first-order chi connectivity index (χ1) is 27.4. The van der Waals surface area contributed by atoms with Crippen molar-refractivity contribution >= 4 is 35.8 Å². The van der Waals surface area contributed by atoms with Crippen molar-refractivity contribution in [3.05, 3.63) is 36.5 Å². The molecule has 0 rings (SSSR count). The molecule has 0 amide bonds. The summed E-state index contributed by atoms with van der Waals surface area (Å²) in [5.74, 6) is -4.99. The van der Waals surface area contributed by atoms with Crippen LogP contribution in [0.2, 0.25) is 0 Å². The normalized spacial score (nSPS) is 12.0. The molecule has 0 bridgehead atoms. The number of carbonyl (C=O) groups excluding carboxylic acids is 6. The van der Waals surface area contributed by atoms with Gasteiger partial charge in [-0.05, 0) is 55.4 Å². The monoisotopic (exact) mass is 932 g/mol. The SMILES string of the molecule is C=C(C)C(=O)OC(=O)C(=C)C.C=C(C)C(=O)OCC(C)(C)COC(=O)C(C)(C)O.CC(C)(CO)CO.CC(C)(CO)COC(=O)C(C)(C)O.COC(=O)C(C)(O)C(F)(F)F.C[O-].[Na+]. The van der Waals surface area contributed by atoms with Crippen molar-refractivity contribution in [2.75, 3.05) is 53.9 Å². The van der Waals surface area contributed by atoms with E-state index in [1.165, 1.54) is 41.5 Å². The van der Waals surface area contributed by atoms with Gasteiger partial charge in [-0.25, -0.2) is 28.8 Å². The van der Waals surface area contributed by atoms with Crippen LogP contribution in [0.4, 0.5) is 13.2 Å². The molecule has 63 heavy (non-hydrogen) atoms. The number of aliphatic hydroxyl groups is 6. The average Bonchev–Trinajstić information content (AvgIpc) is 3.15. The van der Waals surface area contributed by atoms with Gasteiger partial charge in [-0.2, -0.15) is 20.3 Å². The quantitative estimate of drug-likeness (QED) is 0.0394. The Morgan fingerprint density at radius 1 is 0.508 bits per heavy atom. The smallest absolute Gasteiger partial charge is 0.857 e. The van der Waals surface area contributed by atoms with Crippen LogP contribution >= 0.6 is 0 Å². The number of ether oxygens (including phenoxy) is 5. The molecule has 0 saturated heterocycles. The first kappa shape index (κ1) is 74.1. The van der Waals surface area contributed by atoms with Crippen LogP contribution in [0.3, 0.4) is 0 Å². The largest absolute Gasteiger partial charge is 1.00 e. The standard InChI is InChI=1S/C13H22O5.C9H18O4.C8H10O3.C5H7F3O3.C5H12O2.CH3O.Na/c1-9(2)10(14)17-7-12(3,4)8-18-11(15)13(5,6)16;1-8(2,5-10)6-13-7(11)9(3,4)12;1-5(2)7(9)11-8(10)6(3)4;1-4(10,3(9)11-2)5(6,7)8;1-5(2,3-6)4-7;1-2;/h16H,1,7-8H2,2-6H3;10,12H,5-6H2,1-4H3;1,3H2,2,4H3;10H,1-2H3;6-7H,3-4H2,1-2H3;1H3;/q;;;;;-1;+1. The molecule has 22 heteroatoms. The van der Waals surface area contributed by atoms with Crippen molar-refractivity contribution in [2.45, 2.75) is 120 Å². The first-order valence-corrected chi connectivity index (χ1v) is 18.3. The van der Waals surface area contributed by atoms with Crippen molar-refractivity contribution in [1.82, 2.24) is 0 Å².